The van der Waals surface area contributed by atoms with Crippen LogP contribution in [0.5, 0.6) is 0 Å². The monoisotopic (exact) mass is 436 g/mol. The van der Waals surface area contributed by atoms with Crippen LogP contribution in [0.15, 0.2) is 36.8 Å². The normalized spacial score (nSPS) is 24.5. The minimum atomic E-state index is -0.651. The van der Waals surface area contributed by atoms with Crippen molar-refractivity contribution < 1.29 is 9.13 Å². The van der Waals surface area contributed by atoms with Gasteiger partial charge in [0.2, 0.25) is 5.95 Å². The van der Waals surface area contributed by atoms with Gasteiger partial charge in [-0.2, -0.15) is 4.39 Å². The van der Waals surface area contributed by atoms with Crippen molar-refractivity contribution in [1.29, 1.82) is 0 Å². The van der Waals surface area contributed by atoms with Crippen LogP contribution in [0.2, 0.25) is 0 Å². The average molecular weight is 437 g/mol. The maximum absolute atomic E-state index is 13.5. The van der Waals surface area contributed by atoms with Crippen LogP contribution in [0.25, 0.3) is 22.0 Å². The van der Waals surface area contributed by atoms with Gasteiger partial charge in [0, 0.05) is 42.3 Å². The molecule has 3 N–H and O–H groups in total. The highest BCUT2D eigenvalue weighted by Gasteiger charge is 2.29. The predicted molar refractivity (Wildman–Crippen MR) is 124 cm³/mol. The summed E-state index contributed by atoms with van der Waals surface area (Å²) in [7, 11) is 0. The molecule has 2 aliphatic rings. The minimum absolute atomic E-state index is 0.0386. The van der Waals surface area contributed by atoms with Crippen LogP contribution in [-0.4, -0.2) is 57.7 Å². The van der Waals surface area contributed by atoms with E-state index in [1.165, 1.54) is 19.0 Å². The van der Waals surface area contributed by atoms with Crippen LogP contribution in [0, 0.1) is 5.95 Å². The van der Waals surface area contributed by atoms with Crippen molar-refractivity contribution in [3.05, 3.63) is 42.7 Å². The predicted octanol–water partition coefficient (Wildman–Crippen LogP) is 3.86. The first-order valence-electron chi connectivity index (χ1n) is 11.3. The molecule has 1 aromatic carbocycles. The van der Waals surface area contributed by atoms with E-state index < -0.39 is 5.95 Å². The van der Waals surface area contributed by atoms with Crippen LogP contribution < -0.4 is 11.1 Å². The molecule has 1 saturated carbocycles. The van der Waals surface area contributed by atoms with E-state index >= 15 is 0 Å². The Balaban J connectivity index is 1.31. The first kappa shape index (κ1) is 21.0. The van der Waals surface area contributed by atoms with Gasteiger partial charge in [-0.3, -0.25) is 4.90 Å². The summed E-state index contributed by atoms with van der Waals surface area (Å²) >= 11 is 0. The zero-order chi connectivity index (χ0) is 22.1. The number of hydrogen-bond acceptors (Lipinski definition) is 7. The van der Waals surface area contributed by atoms with E-state index in [2.05, 4.69) is 32.1 Å². The molecule has 32 heavy (non-hydrogen) atoms. The third-order valence-corrected chi connectivity index (χ3v) is 6.66. The number of ether oxygens (including phenoxy) is 1. The van der Waals surface area contributed by atoms with Gasteiger partial charge in [0.25, 0.3) is 0 Å². The molecule has 1 aliphatic carbocycles. The Kier molecular flexibility index (Phi) is 5.89. The van der Waals surface area contributed by atoms with Crippen LogP contribution in [0.4, 0.5) is 15.9 Å². The van der Waals surface area contributed by atoms with E-state index in [0.717, 1.165) is 60.4 Å². The first-order chi connectivity index (χ1) is 15.6. The zero-order valence-electron chi connectivity index (χ0n) is 18.3. The number of nitrogen functional groups attached to an aromatic ring is 1. The second-order valence-corrected chi connectivity index (χ2v) is 8.88. The fraction of sp³-hybridized carbons (Fsp3) is 0.458. The van der Waals surface area contributed by atoms with Gasteiger partial charge in [-0.05, 0) is 56.4 Å². The second-order valence-electron chi connectivity index (χ2n) is 8.88. The van der Waals surface area contributed by atoms with Crippen molar-refractivity contribution in [2.45, 2.75) is 50.8 Å². The molecule has 1 aliphatic heterocycles. The van der Waals surface area contributed by atoms with Crippen molar-refractivity contribution in [3.8, 4) is 11.1 Å². The molecule has 0 amide bonds. The molecule has 5 rings (SSSR count). The third-order valence-electron chi connectivity index (χ3n) is 6.66. The molecular formula is C24H29FN6O. The quantitative estimate of drug-likeness (QED) is 0.601. The average Bonchev–Trinajstić information content (AvgIpc) is 2.81. The van der Waals surface area contributed by atoms with Gasteiger partial charge in [0.1, 0.15) is 12.1 Å². The molecule has 3 aromatic rings. The highest BCUT2D eigenvalue weighted by Crippen LogP contribution is 2.31. The zero-order valence-corrected chi connectivity index (χ0v) is 18.3. The maximum Gasteiger partial charge on any atom is 0.236 e. The number of pyridine rings is 1. The van der Waals surface area contributed by atoms with E-state index in [1.54, 1.807) is 12.4 Å². The Morgan fingerprint density at radius 3 is 2.72 bits per heavy atom. The smallest absolute Gasteiger partial charge is 0.236 e. The highest BCUT2D eigenvalue weighted by molar-refractivity contribution is 5.92. The number of halogens is 1. The summed E-state index contributed by atoms with van der Waals surface area (Å²) in [6, 6.07) is 8.55. The molecule has 7 nitrogen and oxygen atoms in total. The number of anilines is 2. The lowest BCUT2D eigenvalue weighted by Crippen LogP contribution is -2.48. The maximum atomic E-state index is 13.5. The molecule has 8 heteroatoms. The molecular weight excluding hydrogens is 407 g/mol. The van der Waals surface area contributed by atoms with Crippen molar-refractivity contribution >= 4 is 22.4 Å². The van der Waals surface area contributed by atoms with Gasteiger partial charge in [-0.25, -0.2) is 15.0 Å². The lowest BCUT2D eigenvalue weighted by molar-refractivity contribution is -0.0396. The molecule has 0 radical (unpaired) electrons. The molecule has 2 fully saturated rings. The summed E-state index contributed by atoms with van der Waals surface area (Å²) in [5.74, 6) is 0.186. The van der Waals surface area contributed by atoms with Gasteiger partial charge >= 0.3 is 0 Å². The molecule has 2 aromatic heterocycles. The number of aromatic nitrogens is 3. The molecule has 1 atom stereocenters. The van der Waals surface area contributed by atoms with E-state index in [9.17, 15) is 4.39 Å². The van der Waals surface area contributed by atoms with E-state index in [4.69, 9.17) is 10.5 Å². The number of nitrogens with two attached hydrogens (primary N) is 1. The van der Waals surface area contributed by atoms with Crippen molar-refractivity contribution in [2.24, 2.45) is 0 Å². The minimum Gasteiger partial charge on any atom is -0.395 e. The Morgan fingerprint density at radius 1 is 1.09 bits per heavy atom. The summed E-state index contributed by atoms with van der Waals surface area (Å²) in [6.07, 6.45) is 8.01. The number of nitrogens with zero attached hydrogens (tertiary/aromatic N) is 4. The highest BCUT2D eigenvalue weighted by atomic mass is 19.1. The van der Waals surface area contributed by atoms with E-state index in [-0.39, 0.29) is 5.69 Å². The summed E-state index contributed by atoms with van der Waals surface area (Å²) in [5, 5.41) is 4.60. The summed E-state index contributed by atoms with van der Waals surface area (Å²) in [4.78, 5) is 15.3. The number of benzene rings is 1. The van der Waals surface area contributed by atoms with Crippen LogP contribution in [0.3, 0.4) is 0 Å². The second kappa shape index (κ2) is 8.96. The molecule has 0 unspecified atom stereocenters. The number of hydrogen-bond donors (Lipinski definition) is 2. The van der Waals surface area contributed by atoms with E-state index in [0.29, 0.717) is 18.2 Å². The van der Waals surface area contributed by atoms with E-state index in [1.807, 2.05) is 18.2 Å². The SMILES string of the molecule is C[C@H]1CN([C@H]2CC[C@H](Nc3ncnc4ccc(-c5cnc(F)c(N)c5)cc34)CC2)CCO1. The Hall–Kier alpha value is -2.84. The molecule has 0 bridgehead atoms. The summed E-state index contributed by atoms with van der Waals surface area (Å²) < 4.78 is 19.2. The van der Waals surface area contributed by atoms with Gasteiger partial charge in [0.15, 0.2) is 0 Å². The topological polar surface area (TPSA) is 89.2 Å². The largest absolute Gasteiger partial charge is 0.395 e. The van der Waals surface area contributed by atoms with Crippen molar-refractivity contribution in [2.75, 3.05) is 30.7 Å². The van der Waals surface area contributed by atoms with Crippen LogP contribution in [-0.2, 0) is 4.74 Å². The van der Waals surface area contributed by atoms with Crippen LogP contribution >= 0.6 is 0 Å². The third kappa shape index (κ3) is 4.38. The van der Waals surface area contributed by atoms with Gasteiger partial charge in [-0.1, -0.05) is 6.07 Å². The first-order valence-corrected chi connectivity index (χ1v) is 11.3. The van der Waals surface area contributed by atoms with Crippen LogP contribution in [0.1, 0.15) is 32.6 Å². The Morgan fingerprint density at radius 2 is 1.94 bits per heavy atom. The number of nitrogens with one attached hydrogen (secondary N) is 1. The Labute approximate surface area is 187 Å². The molecule has 168 valence electrons. The number of morpholine rings is 1. The number of fused-ring (bicyclic) bond motifs is 1. The number of rotatable bonds is 4. The summed E-state index contributed by atoms with van der Waals surface area (Å²) in [6.45, 7) is 5.06. The van der Waals surface area contributed by atoms with Gasteiger partial charge in [-0.15, -0.1) is 0 Å². The Bertz CT molecular complexity index is 1100. The van der Waals surface area contributed by atoms with Gasteiger partial charge in [0.05, 0.1) is 23.9 Å². The lowest BCUT2D eigenvalue weighted by atomic mass is 9.89. The summed E-state index contributed by atoms with van der Waals surface area (Å²) in [5.41, 5.74) is 8.28. The fourth-order valence-corrected chi connectivity index (χ4v) is 4.93. The van der Waals surface area contributed by atoms with Crippen molar-refractivity contribution in [1.82, 2.24) is 19.9 Å². The molecule has 0 spiro atoms. The molecule has 1 saturated heterocycles. The van der Waals surface area contributed by atoms with Gasteiger partial charge < -0.3 is 15.8 Å². The fourth-order valence-electron chi connectivity index (χ4n) is 4.93. The van der Waals surface area contributed by atoms with Crippen molar-refractivity contribution in [3.63, 3.8) is 0 Å². The lowest BCUT2D eigenvalue weighted by Gasteiger charge is -2.40. The standard InChI is InChI=1S/C24H29FN6O/c1-15-13-31(8-9-32-15)19-5-3-18(4-6-19)30-24-20-10-16(2-7-22(20)28-14-29-24)17-11-21(26)23(25)27-12-17/h2,7,10-12,14-15,18-19H,3-6,8-9,13,26H2,1H3,(H,28,29,30)/t15-,18-,19-/m0/s1. The molecule has 3 heterocycles.